The van der Waals surface area contributed by atoms with Gasteiger partial charge in [0.1, 0.15) is 16.9 Å². The first-order valence-corrected chi connectivity index (χ1v) is 8.55. The Bertz CT molecular complexity index is 1080. The Balaban J connectivity index is 1.51. The van der Waals surface area contributed by atoms with Gasteiger partial charge in [-0.05, 0) is 44.2 Å². The highest BCUT2D eigenvalue weighted by atomic mass is 16.5. The van der Waals surface area contributed by atoms with Crippen LogP contribution in [0.15, 0.2) is 71.1 Å². The van der Waals surface area contributed by atoms with E-state index in [1.807, 2.05) is 73.7 Å². The standard InChI is InChI=1S/C22H19NO3/c1-14-7-10-17(11-8-14)25-15(2)22(24)23-16-9-12-19-18-5-3-4-6-20(18)26-21(19)13-16/h3-13,15H,1-2H3,(H,23,24)/t15-/m1/s1. The van der Waals surface area contributed by atoms with Crippen LogP contribution in [0.1, 0.15) is 12.5 Å². The summed E-state index contributed by atoms with van der Waals surface area (Å²) in [5.74, 6) is 0.465. The molecule has 130 valence electrons. The molecule has 26 heavy (non-hydrogen) atoms. The summed E-state index contributed by atoms with van der Waals surface area (Å²) in [6, 6.07) is 21.2. The van der Waals surface area contributed by atoms with E-state index in [1.54, 1.807) is 6.92 Å². The SMILES string of the molecule is Cc1ccc(O[C@H](C)C(=O)Nc2ccc3c(c2)oc2ccccc23)cc1. The molecule has 1 aromatic heterocycles. The predicted octanol–water partition coefficient (Wildman–Crippen LogP) is 5.30. The van der Waals surface area contributed by atoms with Crippen molar-refractivity contribution in [3.05, 3.63) is 72.3 Å². The van der Waals surface area contributed by atoms with Gasteiger partial charge in [-0.1, -0.05) is 35.9 Å². The van der Waals surface area contributed by atoms with Crippen molar-refractivity contribution < 1.29 is 13.9 Å². The van der Waals surface area contributed by atoms with E-state index in [1.165, 1.54) is 0 Å². The molecule has 1 amide bonds. The van der Waals surface area contributed by atoms with Crippen LogP contribution in [0, 0.1) is 6.92 Å². The van der Waals surface area contributed by atoms with Crippen molar-refractivity contribution in [1.82, 2.24) is 0 Å². The third-order valence-electron chi connectivity index (χ3n) is 4.35. The van der Waals surface area contributed by atoms with Crippen LogP contribution in [-0.2, 0) is 4.79 Å². The third-order valence-corrected chi connectivity index (χ3v) is 4.35. The van der Waals surface area contributed by atoms with Crippen molar-refractivity contribution >= 4 is 33.5 Å². The third kappa shape index (κ3) is 3.14. The molecular weight excluding hydrogens is 326 g/mol. The molecule has 4 nitrogen and oxygen atoms in total. The zero-order valence-electron chi connectivity index (χ0n) is 14.7. The minimum Gasteiger partial charge on any atom is -0.481 e. The van der Waals surface area contributed by atoms with Crippen LogP contribution in [0.5, 0.6) is 5.75 Å². The van der Waals surface area contributed by atoms with Gasteiger partial charge in [0, 0.05) is 22.5 Å². The largest absolute Gasteiger partial charge is 0.481 e. The second-order valence-corrected chi connectivity index (χ2v) is 6.37. The minimum atomic E-state index is -0.607. The van der Waals surface area contributed by atoms with E-state index < -0.39 is 6.10 Å². The van der Waals surface area contributed by atoms with Crippen LogP contribution in [0.2, 0.25) is 0 Å². The maximum atomic E-state index is 12.4. The van der Waals surface area contributed by atoms with Gasteiger partial charge in [0.25, 0.3) is 5.91 Å². The van der Waals surface area contributed by atoms with E-state index in [-0.39, 0.29) is 5.91 Å². The molecule has 4 heteroatoms. The Hall–Kier alpha value is -3.27. The molecule has 4 aromatic rings. The van der Waals surface area contributed by atoms with Gasteiger partial charge < -0.3 is 14.5 Å². The van der Waals surface area contributed by atoms with Crippen molar-refractivity contribution in [3.63, 3.8) is 0 Å². The normalized spacial score (nSPS) is 12.2. The summed E-state index contributed by atoms with van der Waals surface area (Å²) in [6.07, 6.45) is -0.607. The van der Waals surface area contributed by atoms with Gasteiger partial charge in [0.15, 0.2) is 6.10 Å². The first-order valence-electron chi connectivity index (χ1n) is 8.55. The van der Waals surface area contributed by atoms with Gasteiger partial charge in [-0.2, -0.15) is 0 Å². The van der Waals surface area contributed by atoms with Crippen LogP contribution >= 0.6 is 0 Å². The molecule has 0 bridgehead atoms. The topological polar surface area (TPSA) is 51.5 Å². The molecule has 0 aliphatic heterocycles. The lowest BCUT2D eigenvalue weighted by molar-refractivity contribution is -0.122. The number of fused-ring (bicyclic) bond motifs is 3. The predicted molar refractivity (Wildman–Crippen MR) is 104 cm³/mol. The number of ether oxygens (including phenoxy) is 1. The zero-order chi connectivity index (χ0) is 18.1. The van der Waals surface area contributed by atoms with Crippen molar-refractivity contribution in [2.45, 2.75) is 20.0 Å². The molecule has 0 radical (unpaired) electrons. The van der Waals surface area contributed by atoms with Gasteiger partial charge in [-0.25, -0.2) is 0 Å². The first kappa shape index (κ1) is 16.2. The average molecular weight is 345 g/mol. The van der Waals surface area contributed by atoms with Gasteiger partial charge in [-0.15, -0.1) is 0 Å². The van der Waals surface area contributed by atoms with E-state index in [9.17, 15) is 4.79 Å². The zero-order valence-corrected chi connectivity index (χ0v) is 14.7. The quantitative estimate of drug-likeness (QED) is 0.546. The second-order valence-electron chi connectivity index (χ2n) is 6.37. The smallest absolute Gasteiger partial charge is 0.265 e. The van der Waals surface area contributed by atoms with Crippen molar-refractivity contribution in [3.8, 4) is 5.75 Å². The summed E-state index contributed by atoms with van der Waals surface area (Å²) in [5, 5.41) is 4.98. The maximum Gasteiger partial charge on any atom is 0.265 e. The molecule has 0 aliphatic carbocycles. The number of para-hydroxylation sites is 1. The van der Waals surface area contributed by atoms with E-state index in [4.69, 9.17) is 9.15 Å². The van der Waals surface area contributed by atoms with E-state index >= 15 is 0 Å². The Kier molecular flexibility index (Phi) is 4.09. The molecule has 0 fully saturated rings. The van der Waals surface area contributed by atoms with Gasteiger partial charge in [0.2, 0.25) is 0 Å². The summed E-state index contributed by atoms with van der Waals surface area (Å²) in [7, 11) is 0. The molecule has 0 spiro atoms. The van der Waals surface area contributed by atoms with Gasteiger partial charge >= 0.3 is 0 Å². The van der Waals surface area contributed by atoms with Crippen LogP contribution in [0.3, 0.4) is 0 Å². The fourth-order valence-corrected chi connectivity index (χ4v) is 2.92. The molecule has 1 heterocycles. The number of amides is 1. The highest BCUT2D eigenvalue weighted by Gasteiger charge is 2.16. The van der Waals surface area contributed by atoms with E-state index in [2.05, 4.69) is 5.32 Å². The number of nitrogens with one attached hydrogen (secondary N) is 1. The van der Waals surface area contributed by atoms with Crippen molar-refractivity contribution in [2.75, 3.05) is 5.32 Å². The monoisotopic (exact) mass is 345 g/mol. The Morgan fingerprint density at radius 3 is 2.50 bits per heavy atom. The van der Waals surface area contributed by atoms with Gasteiger partial charge in [0.05, 0.1) is 0 Å². The molecule has 0 saturated heterocycles. The number of benzene rings is 3. The lowest BCUT2D eigenvalue weighted by atomic mass is 10.1. The van der Waals surface area contributed by atoms with Crippen LogP contribution in [0.25, 0.3) is 21.9 Å². The first-order chi connectivity index (χ1) is 12.6. The summed E-state index contributed by atoms with van der Waals surface area (Å²) in [5.41, 5.74) is 3.41. The number of anilines is 1. The number of rotatable bonds is 4. The second kappa shape index (κ2) is 6.56. The number of furan rings is 1. The molecule has 4 rings (SSSR count). The maximum absolute atomic E-state index is 12.4. The number of hydrogen-bond donors (Lipinski definition) is 1. The molecule has 1 atom stereocenters. The summed E-state index contributed by atoms with van der Waals surface area (Å²) in [6.45, 7) is 3.74. The molecule has 1 N–H and O–H groups in total. The summed E-state index contributed by atoms with van der Waals surface area (Å²) < 4.78 is 11.6. The molecule has 3 aromatic carbocycles. The summed E-state index contributed by atoms with van der Waals surface area (Å²) in [4.78, 5) is 12.4. The number of hydrogen-bond acceptors (Lipinski definition) is 3. The lowest BCUT2D eigenvalue weighted by Crippen LogP contribution is -2.30. The van der Waals surface area contributed by atoms with Crippen LogP contribution in [-0.4, -0.2) is 12.0 Å². The number of carbonyl (C=O) groups excluding carboxylic acids is 1. The van der Waals surface area contributed by atoms with Gasteiger partial charge in [-0.3, -0.25) is 4.79 Å². The van der Waals surface area contributed by atoms with Crippen molar-refractivity contribution in [2.24, 2.45) is 0 Å². The molecule has 0 unspecified atom stereocenters. The van der Waals surface area contributed by atoms with Crippen molar-refractivity contribution in [1.29, 1.82) is 0 Å². The Morgan fingerprint density at radius 1 is 0.962 bits per heavy atom. The summed E-state index contributed by atoms with van der Waals surface area (Å²) >= 11 is 0. The fourth-order valence-electron chi connectivity index (χ4n) is 2.92. The van der Waals surface area contributed by atoms with Crippen LogP contribution < -0.4 is 10.1 Å². The van der Waals surface area contributed by atoms with E-state index in [0.29, 0.717) is 11.4 Å². The highest BCUT2D eigenvalue weighted by Crippen LogP contribution is 2.30. The Labute approximate surface area is 151 Å². The minimum absolute atomic E-state index is 0.207. The fraction of sp³-hybridized carbons (Fsp3) is 0.136. The number of carbonyl (C=O) groups is 1. The molecular formula is C22H19NO3. The lowest BCUT2D eigenvalue weighted by Gasteiger charge is -2.15. The van der Waals surface area contributed by atoms with Crippen LogP contribution in [0.4, 0.5) is 5.69 Å². The highest BCUT2D eigenvalue weighted by molar-refractivity contribution is 6.06. The van der Waals surface area contributed by atoms with E-state index in [0.717, 1.165) is 27.5 Å². The Morgan fingerprint density at radius 2 is 1.69 bits per heavy atom. The average Bonchev–Trinajstić information content (AvgIpc) is 3.01. The number of aryl methyl sites for hydroxylation is 1. The molecule has 0 aliphatic rings. The molecule has 0 saturated carbocycles.